The molecule has 0 amide bonds. The Morgan fingerprint density at radius 1 is 1.15 bits per heavy atom. The summed E-state index contributed by atoms with van der Waals surface area (Å²) in [7, 11) is 0. The van der Waals surface area contributed by atoms with Crippen LogP contribution in [0, 0.1) is 6.92 Å². The van der Waals surface area contributed by atoms with E-state index in [9.17, 15) is 5.11 Å². The van der Waals surface area contributed by atoms with Crippen LogP contribution in [0.15, 0.2) is 59.8 Å². The SMILES string of the molecule is Cc1ccc(OC[C@@H](O)CSc2nc(C3CC3)n(-c3ccccc3)n2)cc1. The van der Waals surface area contributed by atoms with Crippen molar-refractivity contribution < 1.29 is 9.84 Å². The number of aromatic nitrogens is 3. The van der Waals surface area contributed by atoms with E-state index in [4.69, 9.17) is 9.72 Å². The third-order valence-corrected chi connectivity index (χ3v) is 5.41. The van der Waals surface area contributed by atoms with E-state index < -0.39 is 6.10 Å². The average Bonchev–Trinajstić information content (AvgIpc) is 3.46. The maximum atomic E-state index is 10.2. The maximum absolute atomic E-state index is 10.2. The third kappa shape index (κ3) is 4.70. The molecule has 1 saturated carbocycles. The fourth-order valence-corrected chi connectivity index (χ4v) is 3.51. The highest BCUT2D eigenvalue weighted by Crippen LogP contribution is 2.40. The number of hydrogen-bond acceptors (Lipinski definition) is 5. The molecule has 1 aliphatic carbocycles. The number of ether oxygens (including phenoxy) is 1. The van der Waals surface area contributed by atoms with Gasteiger partial charge in [0.1, 0.15) is 18.2 Å². The van der Waals surface area contributed by atoms with Gasteiger partial charge in [-0.1, -0.05) is 47.7 Å². The number of benzene rings is 2. The predicted octanol–water partition coefficient (Wildman–Crippen LogP) is 3.99. The summed E-state index contributed by atoms with van der Waals surface area (Å²) in [6.07, 6.45) is 1.76. The molecule has 0 spiro atoms. The molecule has 1 aliphatic rings. The summed E-state index contributed by atoms with van der Waals surface area (Å²) in [5.41, 5.74) is 2.21. The van der Waals surface area contributed by atoms with Gasteiger partial charge in [-0.25, -0.2) is 9.67 Å². The first kappa shape index (κ1) is 18.1. The molecule has 0 saturated heterocycles. The van der Waals surface area contributed by atoms with E-state index >= 15 is 0 Å². The second-order valence-electron chi connectivity index (χ2n) is 6.86. The van der Waals surface area contributed by atoms with Gasteiger partial charge in [0.05, 0.1) is 11.8 Å². The summed E-state index contributed by atoms with van der Waals surface area (Å²) in [5, 5.41) is 15.6. The minimum Gasteiger partial charge on any atom is -0.491 e. The van der Waals surface area contributed by atoms with E-state index in [0.29, 0.717) is 16.8 Å². The van der Waals surface area contributed by atoms with Crippen LogP contribution in [0.1, 0.15) is 30.1 Å². The Morgan fingerprint density at radius 3 is 2.59 bits per heavy atom. The molecule has 5 nitrogen and oxygen atoms in total. The first-order valence-electron chi connectivity index (χ1n) is 9.22. The monoisotopic (exact) mass is 381 g/mol. The number of hydrogen-bond donors (Lipinski definition) is 1. The number of aliphatic hydroxyl groups excluding tert-OH is 1. The molecule has 3 aromatic rings. The molecule has 4 rings (SSSR count). The zero-order valence-corrected chi connectivity index (χ0v) is 16.1. The lowest BCUT2D eigenvalue weighted by molar-refractivity contribution is 0.126. The van der Waals surface area contributed by atoms with E-state index in [0.717, 1.165) is 17.3 Å². The van der Waals surface area contributed by atoms with E-state index in [1.807, 2.05) is 66.2 Å². The van der Waals surface area contributed by atoms with Crippen LogP contribution in [0.25, 0.3) is 5.69 Å². The molecule has 1 aromatic heterocycles. The van der Waals surface area contributed by atoms with Crippen molar-refractivity contribution in [1.29, 1.82) is 0 Å². The maximum Gasteiger partial charge on any atom is 0.209 e. The number of aryl methyl sites for hydroxylation is 1. The lowest BCUT2D eigenvalue weighted by Crippen LogP contribution is -2.20. The summed E-state index contributed by atoms with van der Waals surface area (Å²) in [6, 6.07) is 17.9. The summed E-state index contributed by atoms with van der Waals surface area (Å²) in [5.74, 6) is 2.79. The van der Waals surface area contributed by atoms with Gasteiger partial charge in [-0.05, 0) is 44.0 Å². The molecule has 1 fully saturated rings. The molecule has 6 heteroatoms. The summed E-state index contributed by atoms with van der Waals surface area (Å²) >= 11 is 1.47. The van der Waals surface area contributed by atoms with Gasteiger partial charge >= 0.3 is 0 Å². The van der Waals surface area contributed by atoms with Crippen molar-refractivity contribution in [2.75, 3.05) is 12.4 Å². The van der Waals surface area contributed by atoms with Crippen molar-refractivity contribution >= 4 is 11.8 Å². The Kier molecular flexibility index (Phi) is 5.45. The van der Waals surface area contributed by atoms with Crippen molar-refractivity contribution in [3.8, 4) is 11.4 Å². The highest BCUT2D eigenvalue weighted by atomic mass is 32.2. The van der Waals surface area contributed by atoms with E-state index in [-0.39, 0.29) is 6.61 Å². The third-order valence-electron chi connectivity index (χ3n) is 4.42. The van der Waals surface area contributed by atoms with Gasteiger partial charge in [0.25, 0.3) is 0 Å². The van der Waals surface area contributed by atoms with Gasteiger partial charge in [-0.2, -0.15) is 0 Å². The normalized spacial score (nSPS) is 14.9. The molecule has 140 valence electrons. The highest BCUT2D eigenvalue weighted by molar-refractivity contribution is 7.99. The lowest BCUT2D eigenvalue weighted by atomic mass is 10.2. The van der Waals surface area contributed by atoms with Crippen LogP contribution < -0.4 is 4.74 Å². The molecule has 27 heavy (non-hydrogen) atoms. The lowest BCUT2D eigenvalue weighted by Gasteiger charge is -2.11. The van der Waals surface area contributed by atoms with Gasteiger partial charge in [0, 0.05) is 11.7 Å². The minimum absolute atomic E-state index is 0.255. The van der Waals surface area contributed by atoms with Gasteiger partial charge in [-0.3, -0.25) is 0 Å². The molecule has 2 aromatic carbocycles. The molecule has 0 radical (unpaired) electrons. The zero-order chi connectivity index (χ0) is 18.6. The minimum atomic E-state index is -0.579. The molecule has 1 N–H and O–H groups in total. The highest BCUT2D eigenvalue weighted by Gasteiger charge is 2.30. The molecule has 1 heterocycles. The molecular weight excluding hydrogens is 358 g/mol. The van der Waals surface area contributed by atoms with Gasteiger partial charge < -0.3 is 9.84 Å². The molecule has 0 unspecified atom stereocenters. The number of nitrogens with zero attached hydrogens (tertiary/aromatic N) is 3. The molecular formula is C21H23N3O2S. The van der Waals surface area contributed by atoms with Crippen molar-refractivity contribution in [3.63, 3.8) is 0 Å². The van der Waals surface area contributed by atoms with Gasteiger partial charge in [0.15, 0.2) is 0 Å². The quantitative estimate of drug-likeness (QED) is 0.598. The number of para-hydroxylation sites is 1. The van der Waals surface area contributed by atoms with Crippen LogP contribution in [-0.2, 0) is 0 Å². The van der Waals surface area contributed by atoms with Gasteiger partial charge in [-0.15, -0.1) is 5.10 Å². The second kappa shape index (κ2) is 8.15. The number of aliphatic hydroxyl groups is 1. The van der Waals surface area contributed by atoms with Crippen LogP contribution in [0.2, 0.25) is 0 Å². The Morgan fingerprint density at radius 2 is 1.89 bits per heavy atom. The van der Waals surface area contributed by atoms with Crippen LogP contribution >= 0.6 is 11.8 Å². The van der Waals surface area contributed by atoms with Crippen LogP contribution in [-0.4, -0.2) is 38.3 Å². The first-order valence-corrected chi connectivity index (χ1v) is 10.2. The standard InChI is InChI=1S/C21H23N3O2S/c1-15-7-11-19(12-8-15)26-13-18(25)14-27-21-22-20(16-9-10-16)24(23-21)17-5-3-2-4-6-17/h2-8,11-12,16,18,25H,9-10,13-14H2,1H3/t18-/m1/s1. The summed E-state index contributed by atoms with van der Waals surface area (Å²) < 4.78 is 7.59. The van der Waals surface area contributed by atoms with Crippen LogP contribution in [0.3, 0.4) is 0 Å². The Balaban J connectivity index is 1.36. The van der Waals surface area contributed by atoms with Crippen molar-refractivity contribution in [3.05, 3.63) is 66.0 Å². The predicted molar refractivity (Wildman–Crippen MR) is 107 cm³/mol. The molecule has 1 atom stereocenters. The second-order valence-corrected chi connectivity index (χ2v) is 7.85. The Bertz CT molecular complexity index is 876. The summed E-state index contributed by atoms with van der Waals surface area (Å²) in [6.45, 7) is 2.29. The van der Waals surface area contributed by atoms with Crippen LogP contribution in [0.5, 0.6) is 5.75 Å². The summed E-state index contributed by atoms with van der Waals surface area (Å²) in [4.78, 5) is 4.71. The average molecular weight is 382 g/mol. The number of rotatable bonds is 8. The van der Waals surface area contributed by atoms with Crippen molar-refractivity contribution in [1.82, 2.24) is 14.8 Å². The van der Waals surface area contributed by atoms with Crippen LogP contribution in [0.4, 0.5) is 0 Å². The zero-order valence-electron chi connectivity index (χ0n) is 15.3. The van der Waals surface area contributed by atoms with Crippen molar-refractivity contribution in [2.24, 2.45) is 0 Å². The molecule has 0 bridgehead atoms. The Labute approximate surface area is 163 Å². The van der Waals surface area contributed by atoms with E-state index in [1.54, 1.807) is 0 Å². The van der Waals surface area contributed by atoms with E-state index in [2.05, 4.69) is 5.10 Å². The van der Waals surface area contributed by atoms with Gasteiger partial charge in [0.2, 0.25) is 5.16 Å². The topological polar surface area (TPSA) is 60.2 Å². The molecule has 0 aliphatic heterocycles. The van der Waals surface area contributed by atoms with Crippen molar-refractivity contribution in [2.45, 2.75) is 36.9 Å². The fourth-order valence-electron chi connectivity index (χ4n) is 2.78. The fraction of sp³-hybridized carbons (Fsp3) is 0.333. The van der Waals surface area contributed by atoms with E-state index in [1.165, 1.54) is 30.2 Å². The number of thioether (sulfide) groups is 1. The first-order chi connectivity index (χ1) is 13.2. The Hall–Kier alpha value is -2.31. The largest absolute Gasteiger partial charge is 0.491 e. The smallest absolute Gasteiger partial charge is 0.209 e.